The van der Waals surface area contributed by atoms with Gasteiger partial charge in [0, 0.05) is 31.7 Å². The maximum absolute atomic E-state index is 10.7. The second kappa shape index (κ2) is 13.0. The van der Waals surface area contributed by atoms with Crippen molar-refractivity contribution in [3.8, 4) is 17.0 Å². The average Bonchev–Trinajstić information content (AvgIpc) is 3.30. The summed E-state index contributed by atoms with van der Waals surface area (Å²) in [6, 6.07) is 27.3. The number of hydrogen-bond acceptors (Lipinski definition) is 4. The second-order valence-electron chi connectivity index (χ2n) is 11.4. The number of carbonyl (C=O) groups excluding carboxylic acids is 1. The van der Waals surface area contributed by atoms with Gasteiger partial charge in [0.25, 0.3) is 0 Å². The van der Waals surface area contributed by atoms with Gasteiger partial charge in [-0.05, 0) is 71.0 Å². The molecule has 6 aromatic rings. The SMILES string of the molecule is CC(=O)c1ccccc1O.Cc1[c-]c(-c2ncc(C(C)C)c3cc(CC(C)C)ccc23)c2oc3ccccc3c2c1.[Ir]. The molecule has 0 atom stereocenters. The van der Waals surface area contributed by atoms with Gasteiger partial charge in [-0.15, -0.1) is 17.7 Å². The molecule has 0 unspecified atom stereocenters. The zero-order valence-electron chi connectivity index (χ0n) is 24.9. The Morgan fingerprint density at radius 3 is 2.29 bits per heavy atom. The quantitative estimate of drug-likeness (QED) is 0.142. The van der Waals surface area contributed by atoms with Crippen LogP contribution in [-0.2, 0) is 26.5 Å². The smallest absolute Gasteiger partial charge is 0.163 e. The molecule has 0 bridgehead atoms. The van der Waals surface area contributed by atoms with Crippen LogP contribution in [0.25, 0.3) is 44.0 Å². The second-order valence-corrected chi connectivity index (χ2v) is 11.4. The minimum Gasteiger partial charge on any atom is -0.507 e. The van der Waals surface area contributed by atoms with Crippen LogP contribution in [0.4, 0.5) is 0 Å². The number of phenolic OH excluding ortho intramolecular Hbond substituents is 1. The number of pyridine rings is 1. The average molecular weight is 735 g/mol. The third-order valence-corrected chi connectivity index (χ3v) is 7.31. The van der Waals surface area contributed by atoms with Gasteiger partial charge in [-0.1, -0.05) is 94.1 Å². The van der Waals surface area contributed by atoms with Crippen LogP contribution in [-0.4, -0.2) is 15.9 Å². The first kappa shape index (κ1) is 31.2. The first-order chi connectivity index (χ1) is 19.6. The van der Waals surface area contributed by atoms with Crippen molar-refractivity contribution < 1.29 is 34.4 Å². The maximum atomic E-state index is 10.7. The summed E-state index contributed by atoms with van der Waals surface area (Å²) in [4.78, 5) is 15.7. The predicted molar refractivity (Wildman–Crippen MR) is 169 cm³/mol. The van der Waals surface area contributed by atoms with Gasteiger partial charge in [-0.25, -0.2) is 0 Å². The number of para-hydroxylation sites is 2. The fourth-order valence-electron chi connectivity index (χ4n) is 5.41. The molecule has 42 heavy (non-hydrogen) atoms. The molecule has 5 heteroatoms. The zero-order valence-corrected chi connectivity index (χ0v) is 27.3. The molecule has 1 N–H and O–H groups in total. The topological polar surface area (TPSA) is 63.3 Å². The fraction of sp³-hybridized carbons (Fsp3) is 0.243. The van der Waals surface area contributed by atoms with E-state index in [2.05, 4.69) is 77.1 Å². The number of aryl methyl sites for hydroxylation is 1. The number of carbonyl (C=O) groups is 1. The first-order valence-electron chi connectivity index (χ1n) is 14.2. The summed E-state index contributed by atoms with van der Waals surface area (Å²) in [5.74, 6) is 0.973. The van der Waals surface area contributed by atoms with E-state index in [1.54, 1.807) is 18.2 Å². The molecule has 0 saturated heterocycles. The summed E-state index contributed by atoms with van der Waals surface area (Å²) in [7, 11) is 0. The van der Waals surface area contributed by atoms with Gasteiger partial charge in [-0.2, -0.15) is 0 Å². The van der Waals surface area contributed by atoms with Crippen LogP contribution in [0.5, 0.6) is 5.75 Å². The van der Waals surface area contributed by atoms with Crippen molar-refractivity contribution >= 4 is 38.5 Å². The molecule has 0 spiro atoms. The summed E-state index contributed by atoms with van der Waals surface area (Å²) in [5, 5.41) is 13.8. The molecule has 6 rings (SSSR count). The monoisotopic (exact) mass is 735 g/mol. The van der Waals surface area contributed by atoms with E-state index in [-0.39, 0.29) is 31.6 Å². The Morgan fingerprint density at radius 1 is 0.905 bits per heavy atom. The third-order valence-electron chi connectivity index (χ3n) is 7.31. The Labute approximate surface area is 261 Å². The van der Waals surface area contributed by atoms with Crippen LogP contribution in [0.2, 0.25) is 0 Å². The van der Waals surface area contributed by atoms with Crippen molar-refractivity contribution in [2.45, 2.75) is 53.9 Å². The Morgan fingerprint density at radius 2 is 1.62 bits per heavy atom. The molecule has 1 radical (unpaired) electrons. The molecule has 217 valence electrons. The summed E-state index contributed by atoms with van der Waals surface area (Å²) >= 11 is 0. The van der Waals surface area contributed by atoms with Gasteiger partial charge in [-0.3, -0.25) is 4.79 Å². The summed E-state index contributed by atoms with van der Waals surface area (Å²) in [5.41, 5.74) is 7.80. The molecule has 0 saturated carbocycles. The molecule has 4 nitrogen and oxygen atoms in total. The van der Waals surface area contributed by atoms with E-state index in [0.29, 0.717) is 17.4 Å². The Balaban J connectivity index is 0.000000314. The minimum atomic E-state index is -0.113. The van der Waals surface area contributed by atoms with Gasteiger partial charge in [0.15, 0.2) is 5.78 Å². The number of aromatic hydroxyl groups is 1. The number of ketones is 1. The number of aromatic nitrogens is 1. The molecular formula is C37H36IrNO3-. The number of nitrogens with zero attached hydrogens (tertiary/aromatic N) is 1. The number of benzene rings is 4. The molecule has 0 aliphatic heterocycles. The van der Waals surface area contributed by atoms with Crippen molar-refractivity contribution in [1.29, 1.82) is 0 Å². The van der Waals surface area contributed by atoms with E-state index in [1.807, 2.05) is 18.3 Å². The van der Waals surface area contributed by atoms with Gasteiger partial charge in [0.1, 0.15) is 11.3 Å². The van der Waals surface area contributed by atoms with Gasteiger partial charge >= 0.3 is 0 Å². The number of Topliss-reactive ketones (excluding diaryl/α,β-unsaturated/α-hetero) is 1. The van der Waals surface area contributed by atoms with E-state index in [4.69, 9.17) is 14.5 Å². The Kier molecular flexibility index (Phi) is 9.66. The van der Waals surface area contributed by atoms with Crippen LogP contribution in [0.15, 0.2) is 83.4 Å². The maximum Gasteiger partial charge on any atom is 0.163 e. The predicted octanol–water partition coefficient (Wildman–Crippen LogP) is 9.82. The van der Waals surface area contributed by atoms with Crippen molar-refractivity contribution in [3.05, 3.63) is 107 Å². The molecule has 0 amide bonds. The standard InChI is InChI=1S/C29H28NO.C8H8O2.Ir/c1-17(2)12-20-10-11-22-23(15-20)26(18(3)4)16-30-28(22)25-14-19(5)13-24-21-8-6-7-9-27(21)31-29(24)25;1-6(9)7-4-2-3-5-8(7)10;/h6-11,13,15-18H,12H2,1-5H3;2-5,10H,1H3;/q-1;;. The van der Waals surface area contributed by atoms with Crippen LogP contribution in [0.1, 0.15) is 67.6 Å². The van der Waals surface area contributed by atoms with Crippen molar-refractivity contribution in [3.63, 3.8) is 0 Å². The van der Waals surface area contributed by atoms with E-state index in [0.717, 1.165) is 45.2 Å². The van der Waals surface area contributed by atoms with Gasteiger partial charge in [0.2, 0.25) is 0 Å². The van der Waals surface area contributed by atoms with Gasteiger partial charge < -0.3 is 14.5 Å². The number of rotatable bonds is 5. The molecule has 4 aromatic carbocycles. The number of phenols is 1. The van der Waals surface area contributed by atoms with Crippen molar-refractivity contribution in [1.82, 2.24) is 4.98 Å². The molecule has 0 aliphatic rings. The summed E-state index contributed by atoms with van der Waals surface area (Å²) in [6.45, 7) is 12.5. The number of fused-ring (bicyclic) bond motifs is 4. The molecular weight excluding hydrogens is 699 g/mol. The molecule has 2 aromatic heterocycles. The Bertz CT molecular complexity index is 1880. The van der Waals surface area contributed by atoms with Crippen LogP contribution in [0, 0.1) is 18.9 Å². The summed E-state index contributed by atoms with van der Waals surface area (Å²) in [6.07, 6.45) is 3.13. The third kappa shape index (κ3) is 6.33. The van der Waals surface area contributed by atoms with E-state index < -0.39 is 0 Å². The summed E-state index contributed by atoms with van der Waals surface area (Å²) < 4.78 is 6.32. The number of furan rings is 1. The zero-order chi connectivity index (χ0) is 29.3. The normalized spacial score (nSPS) is 11.1. The largest absolute Gasteiger partial charge is 0.507 e. The number of hydrogen-bond donors (Lipinski definition) is 1. The van der Waals surface area contributed by atoms with Crippen LogP contribution in [0.3, 0.4) is 0 Å². The van der Waals surface area contributed by atoms with E-state index in [9.17, 15) is 4.79 Å². The minimum absolute atomic E-state index is 0. The molecule has 2 heterocycles. The van der Waals surface area contributed by atoms with E-state index >= 15 is 0 Å². The Hall–Kier alpha value is -3.79. The van der Waals surface area contributed by atoms with Crippen LogP contribution < -0.4 is 0 Å². The fourth-order valence-corrected chi connectivity index (χ4v) is 5.41. The first-order valence-corrected chi connectivity index (χ1v) is 14.2. The van der Waals surface area contributed by atoms with Crippen molar-refractivity contribution in [2.75, 3.05) is 0 Å². The molecule has 0 fully saturated rings. The molecule has 0 aliphatic carbocycles. The van der Waals surface area contributed by atoms with E-state index in [1.165, 1.54) is 34.9 Å². The van der Waals surface area contributed by atoms with Crippen LogP contribution >= 0.6 is 0 Å². The van der Waals surface area contributed by atoms with Gasteiger partial charge in [0.05, 0.1) is 11.1 Å². The van der Waals surface area contributed by atoms with Crippen molar-refractivity contribution in [2.24, 2.45) is 5.92 Å².